The maximum absolute atomic E-state index is 6.27. The second-order valence-corrected chi connectivity index (χ2v) is 5.29. The highest BCUT2D eigenvalue weighted by atomic mass is 35.5. The predicted octanol–water partition coefficient (Wildman–Crippen LogP) is 4.60. The van der Waals surface area contributed by atoms with Crippen molar-refractivity contribution in [1.82, 2.24) is 4.98 Å². The van der Waals surface area contributed by atoms with Crippen molar-refractivity contribution in [2.75, 3.05) is 0 Å². The lowest BCUT2D eigenvalue weighted by molar-refractivity contribution is 0.155. The van der Waals surface area contributed by atoms with Gasteiger partial charge in [-0.15, -0.1) is 0 Å². The Morgan fingerprint density at radius 3 is 2.78 bits per heavy atom. The lowest BCUT2D eigenvalue weighted by atomic mass is 9.98. The molecule has 0 radical (unpaired) electrons. The Morgan fingerprint density at radius 1 is 1.11 bits per heavy atom. The zero-order chi connectivity index (χ0) is 12.4. The van der Waals surface area contributed by atoms with Crippen molar-refractivity contribution in [3.8, 4) is 5.75 Å². The summed E-state index contributed by atoms with van der Waals surface area (Å²) in [5.41, 5.74) is 0. The molecule has 0 bridgehead atoms. The van der Waals surface area contributed by atoms with Gasteiger partial charge >= 0.3 is 0 Å². The van der Waals surface area contributed by atoms with E-state index in [4.69, 9.17) is 16.3 Å². The van der Waals surface area contributed by atoms with Gasteiger partial charge in [0.2, 0.25) is 0 Å². The molecule has 2 aromatic rings. The zero-order valence-corrected chi connectivity index (χ0v) is 11.0. The van der Waals surface area contributed by atoms with Gasteiger partial charge in [-0.05, 0) is 49.3 Å². The van der Waals surface area contributed by atoms with Crippen molar-refractivity contribution in [3.05, 3.63) is 35.6 Å². The first-order valence-corrected chi connectivity index (χ1v) is 6.91. The molecule has 1 aliphatic carbocycles. The summed E-state index contributed by atoms with van der Waals surface area (Å²) in [6.45, 7) is 0. The van der Waals surface area contributed by atoms with E-state index in [2.05, 4.69) is 4.98 Å². The van der Waals surface area contributed by atoms with Crippen LogP contribution in [0.25, 0.3) is 10.8 Å². The van der Waals surface area contributed by atoms with Gasteiger partial charge in [-0.3, -0.25) is 4.98 Å². The predicted molar refractivity (Wildman–Crippen MR) is 74.3 cm³/mol. The molecule has 94 valence electrons. The molecule has 2 nitrogen and oxygen atoms in total. The number of nitrogens with zero attached hydrogens (tertiary/aromatic N) is 1. The van der Waals surface area contributed by atoms with Crippen LogP contribution in [0.15, 0.2) is 30.6 Å². The highest BCUT2D eigenvalue weighted by molar-refractivity contribution is 6.32. The Bertz CT molecular complexity index is 549. The fourth-order valence-corrected chi connectivity index (χ4v) is 2.76. The average Bonchev–Trinajstić information content (AvgIpc) is 2.41. The first-order valence-electron chi connectivity index (χ1n) is 6.53. The quantitative estimate of drug-likeness (QED) is 0.788. The van der Waals surface area contributed by atoms with Crippen LogP contribution >= 0.6 is 11.6 Å². The summed E-state index contributed by atoms with van der Waals surface area (Å²) in [4.78, 5) is 4.10. The molecule has 0 atom stereocenters. The monoisotopic (exact) mass is 261 g/mol. The van der Waals surface area contributed by atoms with Crippen molar-refractivity contribution in [1.29, 1.82) is 0 Å². The molecular formula is C15H16ClNO. The molecule has 0 unspecified atom stereocenters. The normalized spacial score (nSPS) is 16.9. The van der Waals surface area contributed by atoms with Gasteiger partial charge in [-0.25, -0.2) is 0 Å². The summed E-state index contributed by atoms with van der Waals surface area (Å²) in [7, 11) is 0. The largest absolute Gasteiger partial charge is 0.489 e. The van der Waals surface area contributed by atoms with E-state index < -0.39 is 0 Å². The van der Waals surface area contributed by atoms with Gasteiger partial charge in [-0.2, -0.15) is 0 Å². The zero-order valence-electron chi connectivity index (χ0n) is 10.2. The molecule has 0 aliphatic heterocycles. The molecule has 3 rings (SSSR count). The second-order valence-electron chi connectivity index (χ2n) is 4.88. The van der Waals surface area contributed by atoms with Gasteiger partial charge in [0.1, 0.15) is 5.75 Å². The second kappa shape index (κ2) is 5.15. The Hall–Kier alpha value is -1.28. The smallest absolute Gasteiger partial charge is 0.138 e. The average molecular weight is 262 g/mol. The van der Waals surface area contributed by atoms with Crippen LogP contribution < -0.4 is 4.74 Å². The molecular weight excluding hydrogens is 246 g/mol. The van der Waals surface area contributed by atoms with Crippen molar-refractivity contribution in [3.63, 3.8) is 0 Å². The third-order valence-electron chi connectivity index (χ3n) is 3.54. The number of benzene rings is 1. The Kier molecular flexibility index (Phi) is 3.37. The van der Waals surface area contributed by atoms with Gasteiger partial charge in [0.15, 0.2) is 0 Å². The molecule has 0 saturated heterocycles. The van der Waals surface area contributed by atoms with Crippen LogP contribution in [0, 0.1) is 0 Å². The summed E-state index contributed by atoms with van der Waals surface area (Å²) < 4.78 is 6.04. The minimum Gasteiger partial charge on any atom is -0.489 e. The van der Waals surface area contributed by atoms with Crippen molar-refractivity contribution in [2.24, 2.45) is 0 Å². The number of halogens is 1. The first-order chi connectivity index (χ1) is 8.83. The minimum absolute atomic E-state index is 0.329. The van der Waals surface area contributed by atoms with Gasteiger partial charge < -0.3 is 4.74 Å². The number of fused-ring (bicyclic) bond motifs is 1. The van der Waals surface area contributed by atoms with E-state index in [1.54, 1.807) is 6.20 Å². The van der Waals surface area contributed by atoms with Gasteiger partial charge in [0.25, 0.3) is 0 Å². The Balaban J connectivity index is 1.88. The molecule has 18 heavy (non-hydrogen) atoms. The highest BCUT2D eigenvalue weighted by Gasteiger charge is 2.16. The number of aromatic nitrogens is 1. The highest BCUT2D eigenvalue weighted by Crippen LogP contribution is 2.32. The molecule has 1 aromatic heterocycles. The van der Waals surface area contributed by atoms with Crippen LogP contribution in [0.1, 0.15) is 32.1 Å². The number of hydrogen-bond acceptors (Lipinski definition) is 2. The van der Waals surface area contributed by atoms with E-state index in [1.165, 1.54) is 19.3 Å². The van der Waals surface area contributed by atoms with Crippen LogP contribution in [-0.2, 0) is 0 Å². The molecule has 1 saturated carbocycles. The standard InChI is InChI=1S/C15H16ClNO/c16-14-8-12-10-17-7-6-11(12)9-15(14)18-13-4-2-1-3-5-13/h6-10,13H,1-5H2. The van der Waals surface area contributed by atoms with Crippen LogP contribution in [-0.4, -0.2) is 11.1 Å². The minimum atomic E-state index is 0.329. The number of pyridine rings is 1. The number of rotatable bonds is 2. The van der Waals surface area contributed by atoms with E-state index in [9.17, 15) is 0 Å². The summed E-state index contributed by atoms with van der Waals surface area (Å²) in [5, 5.41) is 2.86. The van der Waals surface area contributed by atoms with Crippen LogP contribution in [0.4, 0.5) is 0 Å². The van der Waals surface area contributed by atoms with E-state index in [-0.39, 0.29) is 0 Å². The number of hydrogen-bond donors (Lipinski definition) is 0. The lowest BCUT2D eigenvalue weighted by Crippen LogP contribution is -2.19. The molecule has 1 aliphatic rings. The summed E-state index contributed by atoms with van der Waals surface area (Å²) in [6.07, 6.45) is 10.1. The van der Waals surface area contributed by atoms with Crippen LogP contribution in [0.5, 0.6) is 5.75 Å². The SMILES string of the molecule is Clc1cc2cnccc2cc1OC1CCCCC1. The summed E-state index contributed by atoms with van der Waals surface area (Å²) in [5.74, 6) is 0.808. The van der Waals surface area contributed by atoms with Gasteiger partial charge in [-0.1, -0.05) is 18.0 Å². The topological polar surface area (TPSA) is 22.1 Å². The molecule has 1 heterocycles. The third kappa shape index (κ3) is 2.44. The van der Waals surface area contributed by atoms with Crippen molar-refractivity contribution < 1.29 is 4.74 Å². The summed E-state index contributed by atoms with van der Waals surface area (Å²) >= 11 is 6.27. The Morgan fingerprint density at radius 2 is 1.94 bits per heavy atom. The lowest BCUT2D eigenvalue weighted by Gasteiger charge is -2.23. The van der Waals surface area contributed by atoms with Gasteiger partial charge in [0.05, 0.1) is 11.1 Å². The maximum Gasteiger partial charge on any atom is 0.138 e. The molecule has 1 fully saturated rings. The first kappa shape index (κ1) is 11.8. The third-order valence-corrected chi connectivity index (χ3v) is 3.83. The van der Waals surface area contributed by atoms with E-state index in [1.807, 2.05) is 24.4 Å². The summed E-state index contributed by atoms with van der Waals surface area (Å²) in [6, 6.07) is 5.94. The van der Waals surface area contributed by atoms with E-state index in [0.29, 0.717) is 11.1 Å². The molecule has 0 amide bonds. The molecule has 1 aromatic carbocycles. The van der Waals surface area contributed by atoms with Crippen LogP contribution in [0.3, 0.4) is 0 Å². The number of ether oxygens (including phenoxy) is 1. The molecule has 0 N–H and O–H groups in total. The maximum atomic E-state index is 6.27. The molecule has 0 spiro atoms. The van der Waals surface area contributed by atoms with Gasteiger partial charge in [0, 0.05) is 17.8 Å². The van der Waals surface area contributed by atoms with Crippen molar-refractivity contribution >= 4 is 22.4 Å². The fourth-order valence-electron chi connectivity index (χ4n) is 2.54. The molecule has 3 heteroatoms. The van der Waals surface area contributed by atoms with E-state index in [0.717, 1.165) is 29.4 Å². The Labute approximate surface area is 112 Å². The van der Waals surface area contributed by atoms with Crippen LogP contribution in [0.2, 0.25) is 5.02 Å². The van der Waals surface area contributed by atoms with E-state index >= 15 is 0 Å². The van der Waals surface area contributed by atoms with Crippen molar-refractivity contribution in [2.45, 2.75) is 38.2 Å². The fraction of sp³-hybridized carbons (Fsp3) is 0.400.